The molecular weight excluding hydrogens is 606 g/mol. The third kappa shape index (κ3) is 6.12. The van der Waals surface area contributed by atoms with Gasteiger partial charge in [0.2, 0.25) is 11.9 Å². The van der Waals surface area contributed by atoms with E-state index in [9.17, 15) is 18.3 Å². The number of halogens is 1. The van der Waals surface area contributed by atoms with Gasteiger partial charge in [-0.25, -0.2) is 13.4 Å². The normalized spacial score (nSPS) is 17.5. The molecule has 0 aliphatic carbocycles. The number of aromatic nitrogens is 3. The predicted molar refractivity (Wildman–Crippen MR) is 171 cm³/mol. The van der Waals surface area contributed by atoms with Gasteiger partial charge < -0.3 is 30.8 Å². The zero-order valence-corrected chi connectivity index (χ0v) is 26.6. The van der Waals surface area contributed by atoms with Gasteiger partial charge in [-0.05, 0) is 65.4 Å². The molecule has 1 aliphatic rings. The van der Waals surface area contributed by atoms with Gasteiger partial charge in [-0.3, -0.25) is 9.69 Å². The van der Waals surface area contributed by atoms with Gasteiger partial charge in [-0.2, -0.15) is 4.98 Å². The molecule has 0 unspecified atom stereocenters. The van der Waals surface area contributed by atoms with E-state index in [1.807, 2.05) is 38.1 Å². The van der Waals surface area contributed by atoms with Crippen molar-refractivity contribution < 1.29 is 23.1 Å². The molecule has 4 aromatic rings. The molecule has 1 fully saturated rings. The number of sulfone groups is 1. The summed E-state index contributed by atoms with van der Waals surface area (Å²) < 4.78 is 33.8. The van der Waals surface area contributed by atoms with Crippen LogP contribution < -0.4 is 21.1 Å². The number of rotatable bonds is 10. The van der Waals surface area contributed by atoms with E-state index in [-0.39, 0.29) is 39.7 Å². The summed E-state index contributed by atoms with van der Waals surface area (Å²) in [6.07, 6.45) is 3.57. The summed E-state index contributed by atoms with van der Waals surface area (Å²) in [6.45, 7) is 7.60. The number of benzene rings is 2. The molecule has 2 atom stereocenters. The van der Waals surface area contributed by atoms with E-state index in [4.69, 9.17) is 22.1 Å². The van der Waals surface area contributed by atoms with Gasteiger partial charge in [0.05, 0.1) is 45.9 Å². The summed E-state index contributed by atoms with van der Waals surface area (Å²) >= 11 is 6.42. The first kappa shape index (κ1) is 31.4. The summed E-state index contributed by atoms with van der Waals surface area (Å²) in [5.41, 5.74) is 6.40. The predicted octanol–water partition coefficient (Wildman–Crippen LogP) is 4.98. The SMILES string of the molecule is CC(C)Oc1cc2cn([C@H]3C[C@@H](C(N)=O)N(C)C3)c(O)c2cc1Nc1ncc(Cl)c(Nc2ccccc2S(=O)(=O)C(C)C)n1. The number of fused-ring (bicyclic) bond motifs is 1. The first-order chi connectivity index (χ1) is 20.8. The lowest BCUT2D eigenvalue weighted by atomic mass is 10.1. The Morgan fingerprint density at radius 2 is 1.89 bits per heavy atom. The van der Waals surface area contributed by atoms with Gasteiger partial charge in [0.1, 0.15) is 10.8 Å². The average molecular weight is 642 g/mol. The highest BCUT2D eigenvalue weighted by Gasteiger charge is 2.35. The van der Waals surface area contributed by atoms with Gasteiger partial charge in [0, 0.05) is 23.5 Å². The number of ether oxygens (including phenoxy) is 1. The molecule has 0 radical (unpaired) electrons. The second kappa shape index (κ2) is 12.1. The molecule has 234 valence electrons. The van der Waals surface area contributed by atoms with Crippen molar-refractivity contribution in [3.63, 3.8) is 0 Å². The largest absolute Gasteiger partial charge is 0.494 e. The molecule has 12 nitrogen and oxygen atoms in total. The molecular formula is C30H36ClN7O5S. The molecule has 0 spiro atoms. The highest BCUT2D eigenvalue weighted by Crippen LogP contribution is 2.41. The van der Waals surface area contributed by atoms with E-state index < -0.39 is 27.0 Å². The number of carbonyl (C=O) groups is 1. The molecule has 2 aromatic carbocycles. The number of nitrogens with two attached hydrogens (primary N) is 1. The van der Waals surface area contributed by atoms with Crippen molar-refractivity contribution in [1.82, 2.24) is 19.4 Å². The van der Waals surface area contributed by atoms with Crippen molar-refractivity contribution in [2.24, 2.45) is 5.73 Å². The second-order valence-corrected chi connectivity index (χ2v) is 14.3. The number of aromatic hydroxyl groups is 1. The minimum atomic E-state index is -3.59. The van der Waals surface area contributed by atoms with Crippen LogP contribution in [0.25, 0.3) is 10.8 Å². The van der Waals surface area contributed by atoms with E-state index in [2.05, 4.69) is 20.6 Å². The average Bonchev–Trinajstić information content (AvgIpc) is 3.49. The third-order valence-corrected chi connectivity index (χ3v) is 10.1. The molecule has 2 aromatic heterocycles. The first-order valence-corrected chi connectivity index (χ1v) is 16.1. The van der Waals surface area contributed by atoms with Gasteiger partial charge in [0.25, 0.3) is 0 Å². The highest BCUT2D eigenvalue weighted by atomic mass is 35.5. The lowest BCUT2D eigenvalue weighted by Gasteiger charge is -2.17. The molecule has 5 N–H and O–H groups in total. The number of nitrogens with one attached hydrogen (secondary N) is 2. The van der Waals surface area contributed by atoms with E-state index >= 15 is 0 Å². The number of likely N-dealkylation sites (N-methyl/N-ethyl adjacent to an activating group) is 1. The molecule has 1 aliphatic heterocycles. The van der Waals surface area contributed by atoms with Crippen LogP contribution in [0.4, 0.5) is 23.1 Å². The molecule has 14 heteroatoms. The molecule has 0 saturated carbocycles. The topological polar surface area (TPSA) is 165 Å². The van der Waals surface area contributed by atoms with Crippen LogP contribution in [0.15, 0.2) is 53.7 Å². The molecule has 44 heavy (non-hydrogen) atoms. The number of hydrogen-bond acceptors (Lipinski definition) is 10. The van der Waals surface area contributed by atoms with Crippen molar-refractivity contribution in [1.29, 1.82) is 0 Å². The van der Waals surface area contributed by atoms with Crippen LogP contribution in [0.2, 0.25) is 5.02 Å². The Bertz CT molecular complexity index is 1830. The molecule has 3 heterocycles. The lowest BCUT2D eigenvalue weighted by Crippen LogP contribution is -2.37. The number of carbonyl (C=O) groups excluding carboxylic acids is 1. The van der Waals surface area contributed by atoms with Gasteiger partial charge in [0.15, 0.2) is 21.5 Å². The van der Waals surface area contributed by atoms with Crippen LogP contribution in [0.1, 0.15) is 40.2 Å². The summed E-state index contributed by atoms with van der Waals surface area (Å²) in [4.78, 5) is 22.7. The van der Waals surface area contributed by atoms with Crippen molar-refractivity contribution in [3.05, 3.63) is 53.8 Å². The number of nitrogens with zero attached hydrogens (tertiary/aromatic N) is 4. The highest BCUT2D eigenvalue weighted by molar-refractivity contribution is 7.92. The number of amides is 1. The fourth-order valence-electron chi connectivity index (χ4n) is 5.32. The lowest BCUT2D eigenvalue weighted by molar-refractivity contribution is -0.121. The first-order valence-electron chi connectivity index (χ1n) is 14.2. The molecule has 5 rings (SSSR count). The summed E-state index contributed by atoms with van der Waals surface area (Å²) in [5.74, 6) is 0.517. The quantitative estimate of drug-likeness (QED) is 0.186. The van der Waals surface area contributed by atoms with Crippen molar-refractivity contribution in [3.8, 4) is 11.6 Å². The van der Waals surface area contributed by atoms with Crippen LogP contribution >= 0.6 is 11.6 Å². The molecule has 1 saturated heterocycles. The Labute approximate surface area is 261 Å². The second-order valence-electron chi connectivity index (χ2n) is 11.4. The van der Waals surface area contributed by atoms with E-state index in [1.165, 1.54) is 12.3 Å². The van der Waals surface area contributed by atoms with Crippen molar-refractivity contribution >= 4 is 61.3 Å². The maximum absolute atomic E-state index is 13.0. The maximum atomic E-state index is 13.0. The summed E-state index contributed by atoms with van der Waals surface area (Å²) in [7, 11) is -1.75. The van der Waals surface area contributed by atoms with Crippen LogP contribution in [-0.4, -0.2) is 69.9 Å². The Morgan fingerprint density at radius 1 is 1.16 bits per heavy atom. The summed E-state index contributed by atoms with van der Waals surface area (Å²) in [6, 6.07) is 9.56. The maximum Gasteiger partial charge on any atom is 0.234 e. The zero-order valence-electron chi connectivity index (χ0n) is 25.1. The minimum Gasteiger partial charge on any atom is -0.494 e. The fourth-order valence-corrected chi connectivity index (χ4v) is 6.66. The monoisotopic (exact) mass is 641 g/mol. The van der Waals surface area contributed by atoms with E-state index in [0.29, 0.717) is 35.5 Å². The zero-order chi connectivity index (χ0) is 31.9. The van der Waals surface area contributed by atoms with Crippen LogP contribution in [0.3, 0.4) is 0 Å². The van der Waals surface area contributed by atoms with Crippen LogP contribution in [0.5, 0.6) is 11.6 Å². The van der Waals surface area contributed by atoms with E-state index in [1.54, 1.807) is 42.7 Å². The van der Waals surface area contributed by atoms with Crippen LogP contribution in [-0.2, 0) is 14.6 Å². The number of para-hydroxylation sites is 1. The third-order valence-electron chi connectivity index (χ3n) is 7.58. The fraction of sp³-hybridized carbons (Fsp3) is 0.367. The number of anilines is 4. The standard InChI is InChI=1S/C30H36ClN7O5S/c1-16(2)43-25-10-18-14-38(19-11-24(27(32)39)37(5)15-19)29(40)20(18)12-23(25)35-30-33-13-21(31)28(36-30)34-22-8-6-7-9-26(22)44(41,42)17(3)4/h6-10,12-14,16-17,19,24,40H,11,15H2,1-5H3,(H2,32,39)(H2,33,34,35,36)/t19-,24-/m0/s1. The van der Waals surface area contributed by atoms with Crippen molar-refractivity contribution in [2.45, 2.75) is 62.4 Å². The Kier molecular flexibility index (Phi) is 8.65. The van der Waals surface area contributed by atoms with E-state index in [0.717, 1.165) is 5.39 Å². The van der Waals surface area contributed by atoms with Gasteiger partial charge in [-0.15, -0.1) is 0 Å². The molecule has 0 bridgehead atoms. The van der Waals surface area contributed by atoms with Gasteiger partial charge in [-0.1, -0.05) is 23.7 Å². The number of hydrogen-bond donors (Lipinski definition) is 4. The van der Waals surface area contributed by atoms with Crippen LogP contribution in [0, 0.1) is 0 Å². The molecule has 1 amide bonds. The smallest absolute Gasteiger partial charge is 0.234 e. The minimum absolute atomic E-state index is 0.0463. The Balaban J connectivity index is 1.50. The van der Waals surface area contributed by atoms with Gasteiger partial charge >= 0.3 is 0 Å². The summed E-state index contributed by atoms with van der Waals surface area (Å²) in [5, 5.41) is 18.3. The number of primary amides is 1. The Morgan fingerprint density at radius 3 is 2.55 bits per heavy atom. The Hall–Kier alpha value is -4.07. The van der Waals surface area contributed by atoms with Crippen molar-refractivity contribution in [2.75, 3.05) is 24.2 Å². The number of likely N-dealkylation sites (tertiary alicyclic amines) is 1.